The summed E-state index contributed by atoms with van der Waals surface area (Å²) in [6, 6.07) is 0.492. The molecule has 1 atom stereocenters. The number of nitrogens with one attached hydrogen (secondary N) is 1. The predicted octanol–water partition coefficient (Wildman–Crippen LogP) is 0.429. The van der Waals surface area contributed by atoms with Crippen LogP contribution in [-0.4, -0.2) is 29.6 Å². The standard InChI is InChI=1S/C7H16N2S/c1-7(2)6(5-8)9-3-4-10-7/h6,9H,3-5,8H2,1-2H3. The predicted molar refractivity (Wildman–Crippen MR) is 47.4 cm³/mol. The summed E-state index contributed by atoms with van der Waals surface area (Å²) >= 11 is 2.01. The molecule has 60 valence electrons. The molecule has 2 nitrogen and oxygen atoms in total. The molecule has 1 aliphatic heterocycles. The molecule has 0 aromatic carbocycles. The minimum absolute atomic E-state index is 0.326. The Labute approximate surface area is 66.9 Å². The van der Waals surface area contributed by atoms with Crippen molar-refractivity contribution >= 4 is 11.8 Å². The maximum Gasteiger partial charge on any atom is 0.0332 e. The van der Waals surface area contributed by atoms with Gasteiger partial charge in [0.2, 0.25) is 0 Å². The van der Waals surface area contributed by atoms with Crippen molar-refractivity contribution in [2.75, 3.05) is 18.8 Å². The van der Waals surface area contributed by atoms with Crippen molar-refractivity contribution in [3.63, 3.8) is 0 Å². The number of hydrogen-bond donors (Lipinski definition) is 2. The van der Waals surface area contributed by atoms with E-state index in [4.69, 9.17) is 5.73 Å². The molecule has 1 fully saturated rings. The Kier molecular flexibility index (Phi) is 2.61. The fourth-order valence-corrected chi connectivity index (χ4v) is 2.39. The third-order valence-corrected chi connectivity index (χ3v) is 3.48. The van der Waals surface area contributed by atoms with E-state index in [0.29, 0.717) is 10.8 Å². The fourth-order valence-electron chi connectivity index (χ4n) is 1.26. The summed E-state index contributed by atoms with van der Waals surface area (Å²) in [7, 11) is 0. The van der Waals surface area contributed by atoms with Crippen LogP contribution in [0.5, 0.6) is 0 Å². The van der Waals surface area contributed by atoms with Gasteiger partial charge in [-0.1, -0.05) is 0 Å². The van der Waals surface area contributed by atoms with Gasteiger partial charge in [-0.25, -0.2) is 0 Å². The topological polar surface area (TPSA) is 38.0 Å². The van der Waals surface area contributed by atoms with E-state index in [1.54, 1.807) is 0 Å². The Morgan fingerprint density at radius 1 is 1.70 bits per heavy atom. The molecule has 0 bridgehead atoms. The molecule has 3 N–H and O–H groups in total. The lowest BCUT2D eigenvalue weighted by molar-refractivity contribution is 0.436. The highest BCUT2D eigenvalue weighted by atomic mass is 32.2. The van der Waals surface area contributed by atoms with Gasteiger partial charge >= 0.3 is 0 Å². The fraction of sp³-hybridized carbons (Fsp3) is 1.00. The molecule has 3 heteroatoms. The molecule has 10 heavy (non-hydrogen) atoms. The summed E-state index contributed by atoms with van der Waals surface area (Å²) in [6.07, 6.45) is 0. The molecular formula is C7H16N2S. The largest absolute Gasteiger partial charge is 0.329 e. The molecule has 1 rings (SSSR count). The van der Waals surface area contributed by atoms with Gasteiger partial charge in [0.15, 0.2) is 0 Å². The summed E-state index contributed by atoms with van der Waals surface area (Å²) in [5, 5.41) is 3.41. The lowest BCUT2D eigenvalue weighted by Crippen LogP contribution is -2.53. The van der Waals surface area contributed by atoms with E-state index in [1.165, 1.54) is 5.75 Å². The van der Waals surface area contributed by atoms with Crippen LogP contribution in [0.4, 0.5) is 0 Å². The summed E-state index contributed by atoms with van der Waals surface area (Å²) in [6.45, 7) is 6.36. The van der Waals surface area contributed by atoms with Crippen molar-refractivity contribution in [2.45, 2.75) is 24.6 Å². The van der Waals surface area contributed by atoms with Gasteiger partial charge in [-0.2, -0.15) is 11.8 Å². The number of nitrogens with two attached hydrogens (primary N) is 1. The second kappa shape index (κ2) is 3.11. The molecule has 1 aliphatic rings. The monoisotopic (exact) mass is 160 g/mol. The van der Waals surface area contributed by atoms with Crippen molar-refractivity contribution in [1.29, 1.82) is 0 Å². The summed E-state index contributed by atoms with van der Waals surface area (Å²) < 4.78 is 0.326. The van der Waals surface area contributed by atoms with Crippen molar-refractivity contribution in [3.05, 3.63) is 0 Å². The molecule has 0 spiro atoms. The van der Waals surface area contributed by atoms with E-state index in [0.717, 1.165) is 13.1 Å². The lowest BCUT2D eigenvalue weighted by atomic mass is 10.0. The van der Waals surface area contributed by atoms with E-state index in [2.05, 4.69) is 19.2 Å². The van der Waals surface area contributed by atoms with Crippen LogP contribution in [0, 0.1) is 0 Å². The summed E-state index contributed by atoms with van der Waals surface area (Å²) in [5.41, 5.74) is 5.60. The lowest BCUT2D eigenvalue weighted by Gasteiger charge is -2.38. The first kappa shape index (κ1) is 8.37. The molecule has 0 aromatic rings. The van der Waals surface area contributed by atoms with E-state index in [1.807, 2.05) is 11.8 Å². The van der Waals surface area contributed by atoms with Crippen LogP contribution >= 0.6 is 11.8 Å². The SMILES string of the molecule is CC1(C)SCCNC1CN. The van der Waals surface area contributed by atoms with E-state index >= 15 is 0 Å². The molecule has 1 unspecified atom stereocenters. The molecule has 0 radical (unpaired) electrons. The van der Waals surface area contributed by atoms with Gasteiger partial charge in [0.1, 0.15) is 0 Å². The van der Waals surface area contributed by atoms with E-state index in [9.17, 15) is 0 Å². The maximum atomic E-state index is 5.60. The third kappa shape index (κ3) is 1.65. The van der Waals surface area contributed by atoms with Crippen LogP contribution in [0.3, 0.4) is 0 Å². The zero-order valence-electron chi connectivity index (χ0n) is 6.68. The Bertz CT molecular complexity index is 114. The molecule has 0 amide bonds. The van der Waals surface area contributed by atoms with Crippen LogP contribution < -0.4 is 11.1 Å². The number of rotatable bonds is 1. The van der Waals surface area contributed by atoms with E-state index in [-0.39, 0.29) is 0 Å². The van der Waals surface area contributed by atoms with Gasteiger partial charge in [0.25, 0.3) is 0 Å². The minimum atomic E-state index is 0.326. The first-order chi connectivity index (χ1) is 4.67. The Hall–Kier alpha value is 0.270. The molecular weight excluding hydrogens is 144 g/mol. The Morgan fingerprint density at radius 2 is 2.40 bits per heavy atom. The summed E-state index contributed by atoms with van der Waals surface area (Å²) in [5.74, 6) is 1.21. The van der Waals surface area contributed by atoms with Gasteiger partial charge in [-0.05, 0) is 13.8 Å². The highest BCUT2D eigenvalue weighted by molar-refractivity contribution is 8.00. The Balaban J connectivity index is 2.51. The van der Waals surface area contributed by atoms with Crippen LogP contribution in [0.15, 0.2) is 0 Å². The van der Waals surface area contributed by atoms with Crippen LogP contribution in [0.25, 0.3) is 0 Å². The average molecular weight is 160 g/mol. The minimum Gasteiger partial charge on any atom is -0.329 e. The maximum absolute atomic E-state index is 5.60. The molecule has 0 aromatic heterocycles. The van der Waals surface area contributed by atoms with Gasteiger partial charge in [0, 0.05) is 29.6 Å². The van der Waals surface area contributed by atoms with Gasteiger partial charge in [0.05, 0.1) is 0 Å². The molecule has 1 heterocycles. The van der Waals surface area contributed by atoms with Gasteiger partial charge < -0.3 is 11.1 Å². The van der Waals surface area contributed by atoms with Crippen LogP contribution in [0.2, 0.25) is 0 Å². The first-order valence-corrected chi connectivity index (χ1v) is 4.73. The zero-order valence-corrected chi connectivity index (χ0v) is 7.50. The molecule has 0 saturated carbocycles. The average Bonchev–Trinajstić information content (AvgIpc) is 1.87. The molecule has 1 saturated heterocycles. The zero-order chi connectivity index (χ0) is 7.61. The number of thioether (sulfide) groups is 1. The number of hydrogen-bond acceptors (Lipinski definition) is 3. The highest BCUT2D eigenvalue weighted by Crippen LogP contribution is 2.29. The second-order valence-corrected chi connectivity index (χ2v) is 4.94. The normalized spacial score (nSPS) is 32.1. The van der Waals surface area contributed by atoms with Crippen molar-refractivity contribution < 1.29 is 0 Å². The van der Waals surface area contributed by atoms with Crippen molar-refractivity contribution in [1.82, 2.24) is 5.32 Å². The summed E-state index contributed by atoms with van der Waals surface area (Å²) in [4.78, 5) is 0. The second-order valence-electron chi connectivity index (χ2n) is 3.19. The van der Waals surface area contributed by atoms with Gasteiger partial charge in [-0.3, -0.25) is 0 Å². The molecule has 0 aliphatic carbocycles. The smallest absolute Gasteiger partial charge is 0.0332 e. The van der Waals surface area contributed by atoms with Gasteiger partial charge in [-0.15, -0.1) is 0 Å². The first-order valence-electron chi connectivity index (χ1n) is 3.74. The highest BCUT2D eigenvalue weighted by Gasteiger charge is 2.31. The third-order valence-electron chi connectivity index (χ3n) is 2.04. The van der Waals surface area contributed by atoms with Crippen molar-refractivity contribution in [2.24, 2.45) is 5.73 Å². The van der Waals surface area contributed by atoms with Crippen molar-refractivity contribution in [3.8, 4) is 0 Å². The van der Waals surface area contributed by atoms with E-state index < -0.39 is 0 Å². The Morgan fingerprint density at radius 3 is 2.80 bits per heavy atom. The van der Waals surface area contributed by atoms with Crippen LogP contribution in [0.1, 0.15) is 13.8 Å². The quantitative estimate of drug-likeness (QED) is 0.584. The van der Waals surface area contributed by atoms with Crippen LogP contribution in [-0.2, 0) is 0 Å².